The quantitative estimate of drug-likeness (QED) is 0.549. The van der Waals surface area contributed by atoms with E-state index in [4.69, 9.17) is 4.52 Å². The topological polar surface area (TPSA) is 74.5 Å². The normalized spacial score (nSPS) is 21.0. The first-order valence-corrected chi connectivity index (χ1v) is 12.7. The maximum absolute atomic E-state index is 12.7. The number of rotatable bonds is 8. The van der Waals surface area contributed by atoms with Gasteiger partial charge >= 0.3 is 0 Å². The van der Waals surface area contributed by atoms with Crippen LogP contribution in [0.4, 0.5) is 0 Å². The second kappa shape index (κ2) is 11.4. The number of hydrogen-bond acceptors (Lipinski definition) is 6. The minimum Gasteiger partial charge on any atom is -0.356 e. The van der Waals surface area contributed by atoms with Crippen molar-refractivity contribution in [3.8, 4) is 11.4 Å². The van der Waals surface area contributed by atoms with Gasteiger partial charge in [-0.25, -0.2) is 0 Å². The third-order valence-electron chi connectivity index (χ3n) is 6.61. The highest BCUT2D eigenvalue weighted by molar-refractivity contribution is 9.10. The third kappa shape index (κ3) is 6.62. The van der Waals surface area contributed by atoms with Crippen molar-refractivity contribution in [1.29, 1.82) is 0 Å². The number of carbonyl (C=O) groups is 1. The highest BCUT2D eigenvalue weighted by Gasteiger charge is 2.27. The Kier molecular flexibility index (Phi) is 8.32. The Morgan fingerprint density at radius 3 is 2.88 bits per heavy atom. The van der Waals surface area contributed by atoms with Gasteiger partial charge in [0.1, 0.15) is 0 Å². The molecule has 0 bridgehead atoms. The van der Waals surface area contributed by atoms with Crippen LogP contribution in [0.2, 0.25) is 0 Å². The molecule has 1 atom stereocenters. The van der Waals surface area contributed by atoms with Crippen LogP contribution in [0, 0.1) is 11.8 Å². The van der Waals surface area contributed by atoms with Crippen molar-refractivity contribution in [2.45, 2.75) is 45.6 Å². The Bertz CT molecular complexity index is 881. The summed E-state index contributed by atoms with van der Waals surface area (Å²) in [5.41, 5.74) is 0.921. The molecule has 3 heterocycles. The molecule has 0 saturated carbocycles. The largest absolute Gasteiger partial charge is 0.356 e. The monoisotopic (exact) mass is 503 g/mol. The lowest BCUT2D eigenvalue weighted by Gasteiger charge is -2.31. The first-order valence-electron chi connectivity index (χ1n) is 11.9. The molecule has 0 aliphatic carbocycles. The molecule has 2 aliphatic heterocycles. The van der Waals surface area contributed by atoms with Gasteiger partial charge in [-0.15, -0.1) is 0 Å². The van der Waals surface area contributed by atoms with E-state index in [1.165, 1.54) is 25.9 Å². The molecule has 0 spiro atoms. The molecule has 1 aromatic heterocycles. The van der Waals surface area contributed by atoms with E-state index in [0.717, 1.165) is 61.4 Å². The summed E-state index contributed by atoms with van der Waals surface area (Å²) in [6, 6.07) is 7.86. The van der Waals surface area contributed by atoms with E-state index >= 15 is 0 Å². The van der Waals surface area contributed by atoms with Crippen molar-refractivity contribution < 1.29 is 9.32 Å². The van der Waals surface area contributed by atoms with Gasteiger partial charge in [0.15, 0.2) is 0 Å². The Labute approximate surface area is 199 Å². The number of amides is 1. The van der Waals surface area contributed by atoms with Gasteiger partial charge in [-0.2, -0.15) is 4.98 Å². The molecule has 4 rings (SSSR count). The third-order valence-corrected chi connectivity index (χ3v) is 7.11. The Hall–Kier alpha value is -1.77. The molecule has 1 aromatic carbocycles. The van der Waals surface area contributed by atoms with Crippen LogP contribution in [0.15, 0.2) is 33.3 Å². The van der Waals surface area contributed by atoms with E-state index in [1.807, 2.05) is 24.3 Å². The van der Waals surface area contributed by atoms with Crippen molar-refractivity contribution in [1.82, 2.24) is 25.3 Å². The van der Waals surface area contributed by atoms with E-state index in [0.29, 0.717) is 18.3 Å². The molecule has 7 nitrogen and oxygen atoms in total. The van der Waals surface area contributed by atoms with Crippen LogP contribution in [-0.4, -0.2) is 65.1 Å². The van der Waals surface area contributed by atoms with Gasteiger partial charge in [0, 0.05) is 23.1 Å². The Morgan fingerprint density at radius 2 is 2.06 bits per heavy atom. The number of hydrogen-bond donors (Lipinski definition) is 1. The molecule has 2 saturated heterocycles. The van der Waals surface area contributed by atoms with Crippen LogP contribution in [0.1, 0.15) is 44.9 Å². The lowest BCUT2D eigenvalue weighted by atomic mass is 9.97. The first kappa shape index (κ1) is 23.4. The predicted molar refractivity (Wildman–Crippen MR) is 128 cm³/mol. The smallest absolute Gasteiger partial charge is 0.241 e. The first-order chi connectivity index (χ1) is 15.6. The molecular formula is C24H34BrN5O2. The molecular weight excluding hydrogens is 470 g/mol. The van der Waals surface area contributed by atoms with Gasteiger partial charge in [0.2, 0.25) is 17.6 Å². The summed E-state index contributed by atoms with van der Waals surface area (Å²) in [6.45, 7) is 8.86. The highest BCUT2D eigenvalue weighted by Crippen LogP contribution is 2.22. The van der Waals surface area contributed by atoms with Gasteiger partial charge in [-0.05, 0) is 76.3 Å². The van der Waals surface area contributed by atoms with Gasteiger partial charge in [-0.1, -0.05) is 40.1 Å². The molecule has 174 valence electrons. The van der Waals surface area contributed by atoms with Gasteiger partial charge < -0.3 is 14.7 Å². The van der Waals surface area contributed by atoms with Crippen molar-refractivity contribution in [2.75, 3.05) is 39.3 Å². The minimum atomic E-state index is 0.0343. The van der Waals surface area contributed by atoms with Gasteiger partial charge in [0.25, 0.3) is 0 Å². The Morgan fingerprint density at radius 1 is 1.22 bits per heavy atom. The molecule has 1 unspecified atom stereocenters. The lowest BCUT2D eigenvalue weighted by molar-refractivity contribution is -0.126. The van der Waals surface area contributed by atoms with E-state index < -0.39 is 0 Å². The maximum Gasteiger partial charge on any atom is 0.241 e. The van der Waals surface area contributed by atoms with E-state index in [-0.39, 0.29) is 11.8 Å². The number of piperidine rings is 2. The van der Waals surface area contributed by atoms with Crippen molar-refractivity contribution >= 4 is 21.8 Å². The maximum atomic E-state index is 12.7. The number of benzene rings is 1. The summed E-state index contributed by atoms with van der Waals surface area (Å²) in [5.74, 6) is 2.27. The van der Waals surface area contributed by atoms with E-state index in [1.54, 1.807) is 0 Å². The summed E-state index contributed by atoms with van der Waals surface area (Å²) in [5, 5.41) is 7.29. The van der Waals surface area contributed by atoms with Crippen LogP contribution in [-0.2, 0) is 11.3 Å². The fourth-order valence-corrected chi connectivity index (χ4v) is 5.01. The second-order valence-electron chi connectivity index (χ2n) is 9.27. The fourth-order valence-electron chi connectivity index (χ4n) is 4.61. The average molecular weight is 504 g/mol. The number of likely N-dealkylation sites (tertiary alicyclic amines) is 2. The SMILES string of the molecule is CC1CCN(CCCNC(=O)C2CCCN(Cc3nc(-c4cccc(Br)c4)no3)C2)CC1. The zero-order chi connectivity index (χ0) is 22.3. The van der Waals surface area contributed by atoms with Gasteiger partial charge in [-0.3, -0.25) is 9.69 Å². The summed E-state index contributed by atoms with van der Waals surface area (Å²) in [6.07, 6.45) is 5.58. The zero-order valence-electron chi connectivity index (χ0n) is 18.9. The van der Waals surface area contributed by atoms with E-state index in [2.05, 4.69) is 48.1 Å². The van der Waals surface area contributed by atoms with Crippen LogP contribution < -0.4 is 5.32 Å². The fraction of sp³-hybridized carbons (Fsp3) is 0.625. The molecule has 2 aromatic rings. The summed E-state index contributed by atoms with van der Waals surface area (Å²) in [4.78, 5) is 22.0. The zero-order valence-corrected chi connectivity index (χ0v) is 20.5. The number of nitrogens with one attached hydrogen (secondary N) is 1. The molecule has 2 fully saturated rings. The summed E-state index contributed by atoms with van der Waals surface area (Å²) < 4.78 is 6.46. The van der Waals surface area contributed by atoms with Crippen molar-refractivity contribution in [2.24, 2.45) is 11.8 Å². The lowest BCUT2D eigenvalue weighted by Crippen LogP contribution is -2.43. The average Bonchev–Trinajstić information content (AvgIpc) is 3.26. The summed E-state index contributed by atoms with van der Waals surface area (Å²) in [7, 11) is 0. The molecule has 8 heteroatoms. The molecule has 1 N–H and O–H groups in total. The number of carbonyl (C=O) groups excluding carboxylic acids is 1. The highest BCUT2D eigenvalue weighted by atomic mass is 79.9. The minimum absolute atomic E-state index is 0.0343. The molecule has 2 aliphatic rings. The summed E-state index contributed by atoms with van der Waals surface area (Å²) >= 11 is 3.48. The van der Waals surface area contributed by atoms with Crippen LogP contribution in [0.5, 0.6) is 0 Å². The predicted octanol–water partition coefficient (Wildman–Crippen LogP) is 3.95. The number of aromatic nitrogens is 2. The van der Waals surface area contributed by atoms with Crippen LogP contribution in [0.3, 0.4) is 0 Å². The molecule has 1 amide bonds. The Balaban J connectivity index is 1.20. The molecule has 0 radical (unpaired) electrons. The van der Waals surface area contributed by atoms with Gasteiger partial charge in [0.05, 0.1) is 12.5 Å². The van der Waals surface area contributed by atoms with Crippen molar-refractivity contribution in [3.63, 3.8) is 0 Å². The second-order valence-corrected chi connectivity index (χ2v) is 10.2. The molecule has 32 heavy (non-hydrogen) atoms. The van der Waals surface area contributed by atoms with E-state index in [9.17, 15) is 4.79 Å². The van der Waals surface area contributed by atoms with Crippen LogP contribution >= 0.6 is 15.9 Å². The standard InChI is InChI=1S/C24H34BrN5O2/c1-18-8-13-29(14-9-18)12-4-10-26-24(31)20-6-3-11-30(16-20)17-22-27-23(28-32-22)19-5-2-7-21(25)15-19/h2,5,7,15,18,20H,3-4,6,8-14,16-17H2,1H3,(H,26,31). The van der Waals surface area contributed by atoms with Crippen molar-refractivity contribution in [3.05, 3.63) is 34.6 Å². The van der Waals surface area contributed by atoms with Crippen LogP contribution in [0.25, 0.3) is 11.4 Å². The number of nitrogens with zero attached hydrogens (tertiary/aromatic N) is 4. The number of halogens is 1.